The topological polar surface area (TPSA) is 66.8 Å². The van der Waals surface area contributed by atoms with Crippen LogP contribution in [-0.4, -0.2) is 41.3 Å². The number of aliphatic carboxylic acids is 1. The maximum absolute atomic E-state index is 12.7. The first kappa shape index (κ1) is 18.5. The van der Waals surface area contributed by atoms with Crippen molar-refractivity contribution in [2.75, 3.05) is 13.2 Å². The summed E-state index contributed by atoms with van der Waals surface area (Å²) in [6.07, 6.45) is 0.163. The van der Waals surface area contributed by atoms with Crippen LogP contribution in [0.3, 0.4) is 0 Å². The summed E-state index contributed by atoms with van der Waals surface area (Å²) >= 11 is 0. The molecule has 0 radical (unpaired) electrons. The maximum Gasteiger partial charge on any atom is 0.410 e. The predicted molar refractivity (Wildman–Crippen MR) is 106 cm³/mol. The third kappa shape index (κ3) is 3.05. The molecule has 0 saturated carbocycles. The van der Waals surface area contributed by atoms with E-state index in [1.54, 1.807) is 0 Å². The Labute approximate surface area is 164 Å². The van der Waals surface area contributed by atoms with Gasteiger partial charge in [0.2, 0.25) is 0 Å². The highest BCUT2D eigenvalue weighted by atomic mass is 16.6. The van der Waals surface area contributed by atoms with Gasteiger partial charge in [-0.25, -0.2) is 9.59 Å². The van der Waals surface area contributed by atoms with Crippen LogP contribution in [0.5, 0.6) is 0 Å². The largest absolute Gasteiger partial charge is 0.480 e. The van der Waals surface area contributed by atoms with E-state index in [1.807, 2.05) is 38.1 Å². The molecular formula is C23H25NO4. The molecule has 1 saturated heterocycles. The average molecular weight is 379 g/mol. The molecule has 1 aliphatic heterocycles. The van der Waals surface area contributed by atoms with Gasteiger partial charge in [0.25, 0.3) is 0 Å². The van der Waals surface area contributed by atoms with Crippen molar-refractivity contribution in [3.8, 4) is 11.1 Å². The zero-order valence-electron chi connectivity index (χ0n) is 16.2. The number of carbonyl (C=O) groups excluding carboxylic acids is 1. The van der Waals surface area contributed by atoms with E-state index in [1.165, 1.54) is 16.0 Å². The quantitative estimate of drug-likeness (QED) is 0.857. The lowest BCUT2D eigenvalue weighted by Gasteiger charge is -2.26. The summed E-state index contributed by atoms with van der Waals surface area (Å²) in [4.78, 5) is 25.9. The molecule has 0 unspecified atom stereocenters. The lowest BCUT2D eigenvalue weighted by Crippen LogP contribution is -2.44. The van der Waals surface area contributed by atoms with Gasteiger partial charge in [-0.1, -0.05) is 62.4 Å². The van der Waals surface area contributed by atoms with E-state index < -0.39 is 18.1 Å². The number of carbonyl (C=O) groups is 2. The van der Waals surface area contributed by atoms with Crippen molar-refractivity contribution in [3.05, 3.63) is 59.7 Å². The Hall–Kier alpha value is -2.82. The van der Waals surface area contributed by atoms with E-state index in [9.17, 15) is 14.7 Å². The normalized spacial score (nSPS) is 20.9. The van der Waals surface area contributed by atoms with Gasteiger partial charge in [-0.2, -0.15) is 0 Å². The number of amides is 1. The van der Waals surface area contributed by atoms with Gasteiger partial charge < -0.3 is 9.84 Å². The number of carboxylic acid groups (broad SMARTS) is 1. The van der Waals surface area contributed by atoms with Crippen LogP contribution in [0.2, 0.25) is 0 Å². The summed E-state index contributed by atoms with van der Waals surface area (Å²) in [5.41, 5.74) is 4.63. The van der Waals surface area contributed by atoms with Crippen molar-refractivity contribution in [2.24, 2.45) is 11.8 Å². The number of hydrogen-bond donors (Lipinski definition) is 1. The van der Waals surface area contributed by atoms with Crippen LogP contribution in [0.1, 0.15) is 37.3 Å². The Morgan fingerprint density at radius 1 is 1.07 bits per heavy atom. The first-order valence-corrected chi connectivity index (χ1v) is 9.83. The van der Waals surface area contributed by atoms with Gasteiger partial charge >= 0.3 is 12.1 Å². The minimum Gasteiger partial charge on any atom is -0.480 e. The standard InChI is InChI=1S/C23H25NO4/c1-14(2)15-11-12-24(21(15)22(25)26)23(27)28-13-20-18-9-5-3-7-16(18)17-8-4-6-10-19(17)20/h3-10,14-15,20-21H,11-13H2,1-2H3,(H,25,26)/t15-,21+/m1/s1. The zero-order chi connectivity index (χ0) is 19.8. The summed E-state index contributed by atoms with van der Waals surface area (Å²) in [7, 11) is 0. The van der Waals surface area contributed by atoms with E-state index in [-0.39, 0.29) is 24.4 Å². The van der Waals surface area contributed by atoms with E-state index in [0.29, 0.717) is 13.0 Å². The van der Waals surface area contributed by atoms with Gasteiger partial charge in [0.15, 0.2) is 0 Å². The monoisotopic (exact) mass is 379 g/mol. The number of nitrogens with zero attached hydrogens (tertiary/aromatic N) is 1. The van der Waals surface area contributed by atoms with Crippen molar-refractivity contribution >= 4 is 12.1 Å². The third-order valence-electron chi connectivity index (χ3n) is 6.12. The maximum atomic E-state index is 12.7. The van der Waals surface area contributed by atoms with E-state index in [4.69, 9.17) is 4.74 Å². The van der Waals surface area contributed by atoms with Crippen molar-refractivity contribution in [1.29, 1.82) is 0 Å². The lowest BCUT2D eigenvalue weighted by molar-refractivity contribution is -0.143. The Kier molecular flexibility index (Phi) is 4.84. The molecule has 0 bridgehead atoms. The molecule has 5 nitrogen and oxygen atoms in total. The second kappa shape index (κ2) is 7.30. The number of rotatable bonds is 4. The molecule has 1 amide bonds. The van der Waals surface area contributed by atoms with E-state index in [2.05, 4.69) is 24.3 Å². The molecule has 0 spiro atoms. The lowest BCUT2D eigenvalue weighted by atomic mass is 9.89. The first-order chi connectivity index (χ1) is 13.5. The second-order valence-electron chi connectivity index (χ2n) is 7.98. The van der Waals surface area contributed by atoms with Gasteiger partial charge in [-0.15, -0.1) is 0 Å². The van der Waals surface area contributed by atoms with Gasteiger partial charge in [-0.05, 0) is 40.5 Å². The van der Waals surface area contributed by atoms with E-state index in [0.717, 1.165) is 11.1 Å². The fourth-order valence-corrected chi connectivity index (χ4v) is 4.71. The molecule has 2 atom stereocenters. The van der Waals surface area contributed by atoms with Crippen molar-refractivity contribution in [2.45, 2.75) is 32.2 Å². The van der Waals surface area contributed by atoms with Crippen LogP contribution in [-0.2, 0) is 9.53 Å². The van der Waals surface area contributed by atoms with Crippen molar-refractivity contribution in [1.82, 2.24) is 4.90 Å². The highest BCUT2D eigenvalue weighted by Gasteiger charge is 2.44. The molecular weight excluding hydrogens is 354 g/mol. The predicted octanol–water partition coefficient (Wildman–Crippen LogP) is 4.37. The van der Waals surface area contributed by atoms with Gasteiger partial charge in [0, 0.05) is 12.5 Å². The molecule has 0 aromatic heterocycles. The highest BCUT2D eigenvalue weighted by molar-refractivity contribution is 5.82. The summed E-state index contributed by atoms with van der Waals surface area (Å²) in [6, 6.07) is 15.5. The number of benzene rings is 2. The smallest absolute Gasteiger partial charge is 0.410 e. The van der Waals surface area contributed by atoms with Gasteiger partial charge in [-0.3, -0.25) is 4.90 Å². The number of ether oxygens (including phenoxy) is 1. The number of likely N-dealkylation sites (tertiary alicyclic amines) is 1. The molecule has 1 heterocycles. The first-order valence-electron chi connectivity index (χ1n) is 9.83. The molecule has 5 heteroatoms. The third-order valence-corrected chi connectivity index (χ3v) is 6.12. The van der Waals surface area contributed by atoms with Crippen LogP contribution in [0.4, 0.5) is 4.79 Å². The SMILES string of the molecule is CC(C)[C@H]1CCN(C(=O)OCC2c3ccccc3-c3ccccc32)[C@@H]1C(=O)O. The number of fused-ring (bicyclic) bond motifs is 3. The van der Waals surface area contributed by atoms with E-state index >= 15 is 0 Å². The Morgan fingerprint density at radius 2 is 1.64 bits per heavy atom. The van der Waals surface area contributed by atoms with Crippen molar-refractivity contribution in [3.63, 3.8) is 0 Å². The molecule has 1 fully saturated rings. The van der Waals surface area contributed by atoms with Gasteiger partial charge in [0.05, 0.1) is 0 Å². The van der Waals surface area contributed by atoms with Crippen LogP contribution < -0.4 is 0 Å². The van der Waals surface area contributed by atoms with Crippen molar-refractivity contribution < 1.29 is 19.4 Å². The van der Waals surface area contributed by atoms with Gasteiger partial charge in [0.1, 0.15) is 12.6 Å². The molecule has 4 rings (SSSR count). The molecule has 2 aromatic carbocycles. The molecule has 146 valence electrons. The number of carboxylic acids is 1. The molecule has 2 aromatic rings. The molecule has 2 aliphatic rings. The minimum atomic E-state index is -0.954. The molecule has 1 N–H and O–H groups in total. The summed E-state index contributed by atoms with van der Waals surface area (Å²) in [5.74, 6) is -0.821. The Balaban J connectivity index is 1.52. The Bertz CT molecular complexity index is 861. The van der Waals surface area contributed by atoms with Crippen LogP contribution in [0.25, 0.3) is 11.1 Å². The molecule has 28 heavy (non-hydrogen) atoms. The zero-order valence-corrected chi connectivity index (χ0v) is 16.2. The fraction of sp³-hybridized carbons (Fsp3) is 0.391. The summed E-state index contributed by atoms with van der Waals surface area (Å²) in [5, 5.41) is 9.64. The fourth-order valence-electron chi connectivity index (χ4n) is 4.71. The van der Waals surface area contributed by atoms with Crippen LogP contribution in [0.15, 0.2) is 48.5 Å². The number of hydrogen-bond acceptors (Lipinski definition) is 3. The van der Waals surface area contributed by atoms with Crippen LogP contribution in [0, 0.1) is 11.8 Å². The Morgan fingerprint density at radius 3 is 2.18 bits per heavy atom. The minimum absolute atomic E-state index is 0.0249. The summed E-state index contributed by atoms with van der Waals surface area (Å²) in [6.45, 7) is 4.64. The second-order valence-corrected chi connectivity index (χ2v) is 7.98. The summed E-state index contributed by atoms with van der Waals surface area (Å²) < 4.78 is 5.66. The average Bonchev–Trinajstić information content (AvgIpc) is 3.27. The molecule has 1 aliphatic carbocycles. The highest BCUT2D eigenvalue weighted by Crippen LogP contribution is 2.44. The van der Waals surface area contributed by atoms with Crippen LogP contribution >= 0.6 is 0 Å².